The molecule has 1 aromatic rings. The number of carbonyl (C=O) groups excluding carboxylic acids is 1. The molecule has 1 saturated heterocycles. The molecule has 2 amide bonds. The van der Waals surface area contributed by atoms with Crippen LogP contribution in [0, 0.1) is 11.8 Å². The van der Waals surface area contributed by atoms with E-state index in [-0.39, 0.29) is 19.0 Å². The summed E-state index contributed by atoms with van der Waals surface area (Å²) < 4.78 is 49.3. The molecule has 2 heterocycles. The predicted octanol–water partition coefficient (Wildman–Crippen LogP) is 1.51. The van der Waals surface area contributed by atoms with Gasteiger partial charge in [-0.05, 0) is 6.07 Å². The second kappa shape index (κ2) is 8.89. The van der Waals surface area contributed by atoms with Crippen LogP contribution < -0.4 is 10.1 Å². The molecular formula is C16H20F3N3O5. The summed E-state index contributed by atoms with van der Waals surface area (Å²) in [7, 11) is 1.51. The number of rotatable bonds is 7. The molecule has 0 aromatic carbocycles. The Hall–Kier alpha value is -2.56. The third kappa shape index (κ3) is 5.46. The SMILES string of the molecule is COCCOc1ncccc1CNC(=O)N1C[C@@H](C(F)(F)F)[C@H](C(=O)O)C1. The quantitative estimate of drug-likeness (QED) is 0.684. The maximum atomic E-state index is 13.0. The molecule has 1 aliphatic heterocycles. The number of aliphatic carboxylic acids is 1. The minimum Gasteiger partial charge on any atom is -0.481 e. The van der Waals surface area contributed by atoms with Crippen LogP contribution in [0.25, 0.3) is 0 Å². The van der Waals surface area contributed by atoms with Gasteiger partial charge in [0.05, 0.1) is 18.4 Å². The van der Waals surface area contributed by atoms with E-state index in [9.17, 15) is 22.8 Å². The average Bonchev–Trinajstić information content (AvgIpc) is 3.07. The number of nitrogens with one attached hydrogen (secondary N) is 1. The van der Waals surface area contributed by atoms with Crippen molar-refractivity contribution in [1.29, 1.82) is 0 Å². The van der Waals surface area contributed by atoms with Gasteiger partial charge in [-0.15, -0.1) is 0 Å². The van der Waals surface area contributed by atoms with Crippen molar-refractivity contribution in [3.8, 4) is 5.88 Å². The number of likely N-dealkylation sites (tertiary alicyclic amines) is 1. The highest BCUT2D eigenvalue weighted by Gasteiger charge is 2.53. The van der Waals surface area contributed by atoms with Gasteiger partial charge in [0.15, 0.2) is 0 Å². The van der Waals surface area contributed by atoms with Crippen LogP contribution in [-0.2, 0) is 16.1 Å². The van der Waals surface area contributed by atoms with Gasteiger partial charge in [-0.2, -0.15) is 13.2 Å². The largest absolute Gasteiger partial charge is 0.481 e. The normalized spacial score (nSPS) is 19.8. The van der Waals surface area contributed by atoms with Gasteiger partial charge in [0.2, 0.25) is 5.88 Å². The Bertz CT molecular complexity index is 671. The molecule has 1 fully saturated rings. The maximum Gasteiger partial charge on any atom is 0.394 e. The second-order valence-electron chi connectivity index (χ2n) is 5.97. The van der Waals surface area contributed by atoms with Crippen molar-refractivity contribution < 1.29 is 37.3 Å². The molecule has 0 saturated carbocycles. The van der Waals surface area contributed by atoms with Gasteiger partial charge in [0.1, 0.15) is 6.61 Å². The third-order valence-corrected chi connectivity index (χ3v) is 4.15. The number of pyridine rings is 1. The minimum absolute atomic E-state index is 0.0279. The summed E-state index contributed by atoms with van der Waals surface area (Å²) in [6.45, 7) is -0.647. The molecule has 0 radical (unpaired) electrons. The van der Waals surface area contributed by atoms with Gasteiger partial charge in [0, 0.05) is 38.5 Å². The van der Waals surface area contributed by atoms with Crippen molar-refractivity contribution in [1.82, 2.24) is 15.2 Å². The van der Waals surface area contributed by atoms with E-state index in [1.165, 1.54) is 13.3 Å². The van der Waals surface area contributed by atoms with Crippen molar-refractivity contribution >= 4 is 12.0 Å². The number of halogens is 3. The average molecular weight is 391 g/mol. The van der Waals surface area contributed by atoms with E-state index in [1.54, 1.807) is 12.1 Å². The van der Waals surface area contributed by atoms with Crippen LogP contribution in [0.2, 0.25) is 0 Å². The Labute approximate surface area is 153 Å². The molecular weight excluding hydrogens is 371 g/mol. The van der Waals surface area contributed by atoms with Gasteiger partial charge >= 0.3 is 18.2 Å². The lowest BCUT2D eigenvalue weighted by Crippen LogP contribution is -2.39. The Balaban J connectivity index is 1.97. The first-order valence-electron chi connectivity index (χ1n) is 8.12. The van der Waals surface area contributed by atoms with Gasteiger partial charge in [-0.1, -0.05) is 6.07 Å². The number of hydrogen-bond acceptors (Lipinski definition) is 5. The molecule has 27 heavy (non-hydrogen) atoms. The minimum atomic E-state index is -4.69. The molecule has 0 unspecified atom stereocenters. The number of ether oxygens (including phenoxy) is 2. The number of carboxylic acid groups (broad SMARTS) is 1. The Morgan fingerprint density at radius 3 is 2.70 bits per heavy atom. The molecule has 11 heteroatoms. The van der Waals surface area contributed by atoms with Crippen LogP contribution in [0.1, 0.15) is 5.56 Å². The van der Waals surface area contributed by atoms with Gasteiger partial charge < -0.3 is 24.8 Å². The van der Waals surface area contributed by atoms with E-state index in [0.29, 0.717) is 12.2 Å². The Morgan fingerprint density at radius 1 is 1.37 bits per heavy atom. The summed E-state index contributed by atoms with van der Waals surface area (Å²) in [5.41, 5.74) is 0.531. The fraction of sp³-hybridized carbons (Fsp3) is 0.562. The molecule has 2 rings (SSSR count). The number of hydrogen-bond donors (Lipinski definition) is 2. The van der Waals surface area contributed by atoms with Crippen molar-refractivity contribution in [2.45, 2.75) is 12.7 Å². The number of amides is 2. The number of methoxy groups -OCH3 is 1. The summed E-state index contributed by atoms with van der Waals surface area (Å²) in [4.78, 5) is 28.2. The molecule has 150 valence electrons. The number of carboxylic acids is 1. The van der Waals surface area contributed by atoms with Crippen LogP contribution >= 0.6 is 0 Å². The summed E-state index contributed by atoms with van der Waals surface area (Å²) in [5, 5.41) is 11.5. The lowest BCUT2D eigenvalue weighted by Gasteiger charge is -2.19. The molecule has 2 N–H and O–H groups in total. The fourth-order valence-electron chi connectivity index (χ4n) is 2.74. The number of aromatic nitrogens is 1. The van der Waals surface area contributed by atoms with Crippen molar-refractivity contribution in [3.05, 3.63) is 23.9 Å². The highest BCUT2D eigenvalue weighted by molar-refractivity contribution is 5.77. The number of alkyl halides is 3. The van der Waals surface area contributed by atoms with Crippen molar-refractivity contribution in [3.63, 3.8) is 0 Å². The van der Waals surface area contributed by atoms with Crippen LogP contribution in [0.4, 0.5) is 18.0 Å². The first-order valence-corrected chi connectivity index (χ1v) is 8.12. The van der Waals surface area contributed by atoms with Gasteiger partial charge in [0.25, 0.3) is 0 Å². The number of urea groups is 1. The molecule has 0 spiro atoms. The summed E-state index contributed by atoms with van der Waals surface area (Å²) >= 11 is 0. The summed E-state index contributed by atoms with van der Waals surface area (Å²) in [6, 6.07) is 2.50. The second-order valence-corrected chi connectivity index (χ2v) is 5.97. The van der Waals surface area contributed by atoms with E-state index >= 15 is 0 Å². The molecule has 2 atom stereocenters. The highest BCUT2D eigenvalue weighted by atomic mass is 19.4. The molecule has 0 bridgehead atoms. The zero-order valence-corrected chi connectivity index (χ0v) is 14.5. The van der Waals surface area contributed by atoms with E-state index in [0.717, 1.165) is 4.90 Å². The molecule has 1 aliphatic rings. The summed E-state index contributed by atoms with van der Waals surface area (Å²) in [6.07, 6.45) is -3.19. The first kappa shape index (κ1) is 20.7. The standard InChI is InChI=1S/C16H20F3N3O5/c1-26-5-6-27-13-10(3-2-4-20-13)7-21-15(25)22-8-11(14(23)24)12(9-22)16(17,18)19/h2-4,11-12H,5-9H2,1H3,(H,21,25)(H,23,24)/t11-,12-/m1/s1. The fourth-order valence-corrected chi connectivity index (χ4v) is 2.74. The maximum absolute atomic E-state index is 13.0. The third-order valence-electron chi connectivity index (χ3n) is 4.15. The topological polar surface area (TPSA) is 101 Å². The van der Waals surface area contributed by atoms with Crippen molar-refractivity contribution in [2.24, 2.45) is 11.8 Å². The molecule has 8 nitrogen and oxygen atoms in total. The molecule has 1 aromatic heterocycles. The number of carbonyl (C=O) groups is 2. The zero-order valence-electron chi connectivity index (χ0n) is 14.5. The lowest BCUT2D eigenvalue weighted by atomic mass is 9.96. The van der Waals surface area contributed by atoms with E-state index in [4.69, 9.17) is 14.6 Å². The highest BCUT2D eigenvalue weighted by Crippen LogP contribution is 2.37. The van der Waals surface area contributed by atoms with Gasteiger partial charge in [-0.25, -0.2) is 9.78 Å². The smallest absolute Gasteiger partial charge is 0.394 e. The van der Waals surface area contributed by atoms with Crippen LogP contribution in [0.15, 0.2) is 18.3 Å². The van der Waals surface area contributed by atoms with Crippen LogP contribution in [0.3, 0.4) is 0 Å². The number of nitrogens with zero attached hydrogens (tertiary/aromatic N) is 2. The van der Waals surface area contributed by atoms with Crippen LogP contribution in [0.5, 0.6) is 5.88 Å². The van der Waals surface area contributed by atoms with Crippen molar-refractivity contribution in [2.75, 3.05) is 33.4 Å². The Morgan fingerprint density at radius 2 is 2.11 bits per heavy atom. The van der Waals surface area contributed by atoms with Gasteiger partial charge in [-0.3, -0.25) is 4.79 Å². The van der Waals surface area contributed by atoms with E-state index in [2.05, 4.69) is 10.3 Å². The van der Waals surface area contributed by atoms with E-state index in [1.807, 2.05) is 0 Å². The lowest BCUT2D eigenvalue weighted by molar-refractivity contribution is -0.187. The van der Waals surface area contributed by atoms with Crippen LogP contribution in [-0.4, -0.2) is 66.6 Å². The zero-order chi connectivity index (χ0) is 20.0. The van der Waals surface area contributed by atoms with E-state index < -0.39 is 43.1 Å². The monoisotopic (exact) mass is 391 g/mol. The Kier molecular flexibility index (Phi) is 6.83. The summed E-state index contributed by atoms with van der Waals surface area (Å²) in [5.74, 6) is -5.07. The first-order chi connectivity index (χ1) is 12.7. The molecule has 0 aliphatic carbocycles. The predicted molar refractivity (Wildman–Crippen MR) is 86.1 cm³/mol.